The molecule has 1 unspecified atom stereocenters. The molecule has 9 heteroatoms. The van der Waals surface area contributed by atoms with Crippen molar-refractivity contribution < 1.29 is 22.8 Å². The maximum Gasteiger partial charge on any atom is 0.416 e. The van der Waals surface area contributed by atoms with Crippen LogP contribution in [0.4, 0.5) is 18.9 Å². The van der Waals surface area contributed by atoms with Crippen LogP contribution in [-0.4, -0.2) is 17.6 Å². The lowest BCUT2D eigenvalue weighted by atomic mass is 9.86. The van der Waals surface area contributed by atoms with E-state index in [1.54, 1.807) is 0 Å². The van der Waals surface area contributed by atoms with Gasteiger partial charge in [-0.15, -0.1) is 0 Å². The fraction of sp³-hybridized carbons (Fsp3) is 0.292. The van der Waals surface area contributed by atoms with Crippen LogP contribution in [-0.2, 0) is 15.8 Å². The van der Waals surface area contributed by atoms with Gasteiger partial charge >= 0.3 is 6.18 Å². The average molecular weight is 474 g/mol. The van der Waals surface area contributed by atoms with Gasteiger partial charge in [-0.1, -0.05) is 55.9 Å². The number of rotatable bonds is 6. The lowest BCUT2D eigenvalue weighted by molar-refractivity contribution is -0.137. The number of hydrogen-bond acceptors (Lipinski definition) is 4. The Labute approximate surface area is 194 Å². The smallest absolute Gasteiger partial charge is 0.325 e. The fourth-order valence-electron chi connectivity index (χ4n) is 3.44. The van der Waals surface area contributed by atoms with Crippen molar-refractivity contribution in [3.63, 3.8) is 0 Å². The third kappa shape index (κ3) is 6.17. The van der Waals surface area contributed by atoms with E-state index in [1.165, 1.54) is 12.1 Å². The molecule has 0 saturated carbocycles. The molecule has 172 valence electrons. The molecule has 3 rings (SSSR count). The van der Waals surface area contributed by atoms with Crippen LogP contribution in [0, 0.1) is 11.3 Å². The molecule has 2 N–H and O–H groups in total. The van der Waals surface area contributed by atoms with E-state index in [4.69, 9.17) is 0 Å². The third-order valence-electron chi connectivity index (χ3n) is 5.18. The topological polar surface area (TPSA) is 82.0 Å². The van der Waals surface area contributed by atoms with Crippen LogP contribution >= 0.6 is 11.8 Å². The Morgan fingerprint density at radius 3 is 2.55 bits per heavy atom. The van der Waals surface area contributed by atoms with Gasteiger partial charge in [0.2, 0.25) is 11.8 Å². The van der Waals surface area contributed by atoms with Gasteiger partial charge in [-0.2, -0.15) is 18.4 Å². The van der Waals surface area contributed by atoms with Gasteiger partial charge in [0.1, 0.15) is 0 Å². The van der Waals surface area contributed by atoms with E-state index in [0.717, 1.165) is 35.0 Å². The molecule has 0 aliphatic carbocycles. The van der Waals surface area contributed by atoms with E-state index in [-0.39, 0.29) is 28.8 Å². The van der Waals surface area contributed by atoms with Gasteiger partial charge in [0.25, 0.3) is 0 Å². The highest BCUT2D eigenvalue weighted by atomic mass is 32.2. The number of amides is 2. The summed E-state index contributed by atoms with van der Waals surface area (Å²) in [5, 5.41) is 15.1. The van der Waals surface area contributed by atoms with Gasteiger partial charge in [-0.25, -0.2) is 0 Å². The molecular formula is C24H22F3N3O2S. The van der Waals surface area contributed by atoms with Crippen LogP contribution in [0.3, 0.4) is 0 Å². The van der Waals surface area contributed by atoms with Crippen molar-refractivity contribution in [3.05, 3.63) is 75.8 Å². The van der Waals surface area contributed by atoms with Crippen molar-refractivity contribution in [3.8, 4) is 6.07 Å². The Balaban J connectivity index is 1.74. The average Bonchev–Trinajstić information content (AvgIpc) is 2.77. The normalized spacial score (nSPS) is 16.4. The summed E-state index contributed by atoms with van der Waals surface area (Å²) in [5.74, 6) is -1.09. The molecule has 0 radical (unpaired) electrons. The van der Waals surface area contributed by atoms with Crippen LogP contribution in [0.1, 0.15) is 48.8 Å². The largest absolute Gasteiger partial charge is 0.416 e. The minimum Gasteiger partial charge on any atom is -0.325 e. The molecule has 2 amide bonds. The number of halogens is 3. The minimum absolute atomic E-state index is 0.0145. The molecule has 1 aliphatic heterocycles. The lowest BCUT2D eigenvalue weighted by Gasteiger charge is -2.25. The standard InChI is InChI=1S/C24H22F3N3O2S/c1-14(2)15-6-8-16(9-7-15)19-11-21(31)30-23(20(19)12-28)33-13-22(32)29-18-5-3-4-17(10-18)24(25,26)27/h3-10,14,19H,11,13H2,1-2H3,(H,29,32)(H,30,31). The maximum absolute atomic E-state index is 12.9. The van der Waals surface area contributed by atoms with E-state index in [9.17, 15) is 28.0 Å². The summed E-state index contributed by atoms with van der Waals surface area (Å²) in [6, 6.07) is 14.2. The van der Waals surface area contributed by atoms with E-state index < -0.39 is 23.6 Å². The van der Waals surface area contributed by atoms with Crippen LogP contribution in [0.5, 0.6) is 0 Å². The SMILES string of the molecule is CC(C)c1ccc(C2CC(=O)NC(SCC(=O)Nc3cccc(C(F)(F)F)c3)=C2C#N)cc1. The zero-order valence-corrected chi connectivity index (χ0v) is 18.8. The zero-order chi connectivity index (χ0) is 24.2. The molecule has 0 spiro atoms. The monoisotopic (exact) mass is 473 g/mol. The molecule has 2 aromatic carbocycles. The second-order valence-corrected chi connectivity index (χ2v) is 8.88. The van der Waals surface area contributed by atoms with Crippen molar-refractivity contribution in [2.75, 3.05) is 11.1 Å². The van der Waals surface area contributed by atoms with Gasteiger partial charge in [-0.05, 0) is 35.2 Å². The lowest BCUT2D eigenvalue weighted by Crippen LogP contribution is -2.31. The first kappa shape index (κ1) is 24.4. The first-order valence-corrected chi connectivity index (χ1v) is 11.2. The zero-order valence-electron chi connectivity index (χ0n) is 18.0. The highest BCUT2D eigenvalue weighted by Gasteiger charge is 2.31. The number of carbonyl (C=O) groups is 2. The number of nitrogens with one attached hydrogen (secondary N) is 2. The number of benzene rings is 2. The molecule has 5 nitrogen and oxygen atoms in total. The van der Waals surface area contributed by atoms with Gasteiger partial charge in [-0.3, -0.25) is 9.59 Å². The molecule has 1 atom stereocenters. The van der Waals surface area contributed by atoms with Gasteiger partial charge in [0.15, 0.2) is 0 Å². The Morgan fingerprint density at radius 1 is 1.24 bits per heavy atom. The second kappa shape index (κ2) is 10.1. The summed E-state index contributed by atoms with van der Waals surface area (Å²) in [7, 11) is 0. The summed E-state index contributed by atoms with van der Waals surface area (Å²) in [5.41, 5.74) is 1.47. The van der Waals surface area contributed by atoms with Crippen LogP contribution in [0.15, 0.2) is 59.1 Å². The quantitative estimate of drug-likeness (QED) is 0.577. The van der Waals surface area contributed by atoms with Crippen molar-refractivity contribution in [1.82, 2.24) is 5.32 Å². The van der Waals surface area contributed by atoms with Crippen LogP contribution in [0.25, 0.3) is 0 Å². The number of allylic oxidation sites excluding steroid dienone is 1. The first-order chi connectivity index (χ1) is 15.6. The van der Waals surface area contributed by atoms with Crippen molar-refractivity contribution >= 4 is 29.3 Å². The Kier molecular flexibility index (Phi) is 7.49. The molecular weight excluding hydrogens is 451 g/mol. The maximum atomic E-state index is 12.9. The highest BCUT2D eigenvalue weighted by Crippen LogP contribution is 2.36. The van der Waals surface area contributed by atoms with Gasteiger partial charge in [0, 0.05) is 18.0 Å². The molecule has 0 saturated heterocycles. The number of carbonyl (C=O) groups excluding carboxylic acids is 2. The minimum atomic E-state index is -4.52. The second-order valence-electron chi connectivity index (χ2n) is 7.90. The number of hydrogen-bond donors (Lipinski definition) is 2. The van der Waals surface area contributed by atoms with Gasteiger partial charge in [0.05, 0.1) is 28.0 Å². The van der Waals surface area contributed by atoms with Crippen LogP contribution < -0.4 is 10.6 Å². The summed E-state index contributed by atoms with van der Waals surface area (Å²) in [4.78, 5) is 24.6. The van der Waals surface area contributed by atoms with Crippen molar-refractivity contribution in [2.24, 2.45) is 0 Å². The van der Waals surface area contributed by atoms with E-state index in [1.807, 2.05) is 24.3 Å². The van der Waals surface area contributed by atoms with Crippen LogP contribution in [0.2, 0.25) is 0 Å². The molecule has 0 fully saturated rings. The Hall–Kier alpha value is -3.25. The number of nitriles is 1. The highest BCUT2D eigenvalue weighted by molar-refractivity contribution is 8.03. The third-order valence-corrected chi connectivity index (χ3v) is 6.20. The van der Waals surface area contributed by atoms with E-state index >= 15 is 0 Å². The number of thioether (sulfide) groups is 1. The molecule has 1 aliphatic rings. The van der Waals surface area contributed by atoms with Crippen molar-refractivity contribution in [1.29, 1.82) is 5.26 Å². The summed E-state index contributed by atoms with van der Waals surface area (Å²) in [6.45, 7) is 4.14. The predicted molar refractivity (Wildman–Crippen MR) is 121 cm³/mol. The summed E-state index contributed by atoms with van der Waals surface area (Å²) < 4.78 is 38.6. The number of alkyl halides is 3. The number of anilines is 1. The Bertz CT molecular complexity index is 1120. The Morgan fingerprint density at radius 2 is 1.94 bits per heavy atom. The van der Waals surface area contributed by atoms with E-state index in [0.29, 0.717) is 11.5 Å². The molecule has 1 heterocycles. The predicted octanol–water partition coefficient (Wildman–Crippen LogP) is 5.54. The molecule has 0 aromatic heterocycles. The molecule has 0 bridgehead atoms. The first-order valence-electron chi connectivity index (χ1n) is 10.2. The van der Waals surface area contributed by atoms with Crippen molar-refractivity contribution in [2.45, 2.75) is 38.3 Å². The fourth-order valence-corrected chi connectivity index (χ4v) is 4.32. The molecule has 2 aromatic rings. The summed E-state index contributed by atoms with van der Waals surface area (Å²) in [6.07, 6.45) is -4.40. The summed E-state index contributed by atoms with van der Waals surface area (Å²) >= 11 is 0.968. The molecule has 33 heavy (non-hydrogen) atoms. The van der Waals surface area contributed by atoms with E-state index in [2.05, 4.69) is 30.6 Å². The van der Waals surface area contributed by atoms with Gasteiger partial charge < -0.3 is 10.6 Å². The number of nitrogens with zero attached hydrogens (tertiary/aromatic N) is 1.